The summed E-state index contributed by atoms with van der Waals surface area (Å²) in [5, 5.41) is 5.91. The van der Waals surface area contributed by atoms with Crippen LogP contribution in [-0.4, -0.2) is 58.7 Å². The third kappa shape index (κ3) is 2.76. The molecular weight excluding hydrogens is 356 g/mol. The summed E-state index contributed by atoms with van der Waals surface area (Å²) in [5.74, 6) is -0.699. The standard InChI is InChI=1S/C21H26N4O3/c26-18-6-5-17(19(27)23-18)25-12-16-14(3-1-4-15(16)20(25)28)11-24-10-9-22-13-21(24)7-2-8-21/h1,3-4,17,22H,2,5-13H2,(H,23,26,27). The Labute approximate surface area is 164 Å². The normalized spacial score (nSPS) is 26.9. The molecule has 7 heteroatoms. The van der Waals surface area contributed by atoms with Crippen LogP contribution in [-0.2, 0) is 22.7 Å². The number of imide groups is 1. The van der Waals surface area contributed by atoms with Crippen LogP contribution in [0.2, 0.25) is 0 Å². The smallest absolute Gasteiger partial charge is 0.255 e. The average Bonchev–Trinajstić information content (AvgIpc) is 2.99. The zero-order valence-electron chi connectivity index (χ0n) is 16.0. The second-order valence-electron chi connectivity index (χ2n) is 8.52. The summed E-state index contributed by atoms with van der Waals surface area (Å²) < 4.78 is 0. The number of piperazine rings is 1. The van der Waals surface area contributed by atoms with Crippen LogP contribution >= 0.6 is 0 Å². The Morgan fingerprint density at radius 2 is 2.04 bits per heavy atom. The molecule has 7 nitrogen and oxygen atoms in total. The lowest BCUT2D eigenvalue weighted by atomic mass is 9.74. The van der Waals surface area contributed by atoms with Gasteiger partial charge in [0.2, 0.25) is 11.8 Å². The van der Waals surface area contributed by atoms with Gasteiger partial charge in [0, 0.05) is 50.2 Å². The first-order chi connectivity index (χ1) is 13.6. The number of benzene rings is 1. The molecule has 2 N–H and O–H groups in total. The number of nitrogens with one attached hydrogen (secondary N) is 2. The van der Waals surface area contributed by atoms with E-state index in [-0.39, 0.29) is 29.7 Å². The van der Waals surface area contributed by atoms with E-state index in [0.717, 1.165) is 31.7 Å². The minimum Gasteiger partial charge on any atom is -0.322 e. The van der Waals surface area contributed by atoms with E-state index in [1.807, 2.05) is 12.1 Å². The monoisotopic (exact) mass is 382 g/mol. The molecule has 3 heterocycles. The number of rotatable bonds is 3. The van der Waals surface area contributed by atoms with Gasteiger partial charge in [-0.15, -0.1) is 0 Å². The van der Waals surface area contributed by atoms with E-state index in [4.69, 9.17) is 0 Å². The Balaban J connectivity index is 1.39. The Hall–Kier alpha value is -2.25. The van der Waals surface area contributed by atoms with Crippen LogP contribution in [0.3, 0.4) is 0 Å². The van der Waals surface area contributed by atoms with Crippen molar-refractivity contribution in [1.29, 1.82) is 0 Å². The molecule has 3 aliphatic heterocycles. The molecule has 0 bridgehead atoms. The summed E-state index contributed by atoms with van der Waals surface area (Å²) in [6, 6.07) is 5.39. The maximum absolute atomic E-state index is 13.0. The molecule has 3 amide bonds. The van der Waals surface area contributed by atoms with E-state index >= 15 is 0 Å². The predicted molar refractivity (Wildman–Crippen MR) is 102 cm³/mol. The molecule has 148 valence electrons. The number of carbonyl (C=O) groups excluding carboxylic acids is 3. The third-order valence-electron chi connectivity index (χ3n) is 7.01. The zero-order chi connectivity index (χ0) is 19.3. The molecule has 0 radical (unpaired) electrons. The first kappa shape index (κ1) is 17.8. The quantitative estimate of drug-likeness (QED) is 0.755. The van der Waals surface area contributed by atoms with Crippen molar-refractivity contribution in [1.82, 2.24) is 20.4 Å². The molecule has 3 fully saturated rings. The van der Waals surface area contributed by atoms with E-state index in [9.17, 15) is 14.4 Å². The lowest BCUT2D eigenvalue weighted by Crippen LogP contribution is -2.64. The summed E-state index contributed by atoms with van der Waals surface area (Å²) in [6.07, 6.45) is 4.44. The highest BCUT2D eigenvalue weighted by molar-refractivity contribution is 6.05. The highest BCUT2D eigenvalue weighted by atomic mass is 16.2. The van der Waals surface area contributed by atoms with Crippen molar-refractivity contribution in [2.24, 2.45) is 0 Å². The van der Waals surface area contributed by atoms with Crippen LogP contribution in [0.15, 0.2) is 18.2 Å². The Morgan fingerprint density at radius 3 is 2.79 bits per heavy atom. The van der Waals surface area contributed by atoms with Crippen LogP contribution in [0, 0.1) is 0 Å². The van der Waals surface area contributed by atoms with Gasteiger partial charge in [-0.1, -0.05) is 12.1 Å². The first-order valence-electron chi connectivity index (χ1n) is 10.3. The van der Waals surface area contributed by atoms with Crippen LogP contribution in [0.4, 0.5) is 0 Å². The Morgan fingerprint density at radius 1 is 1.18 bits per heavy atom. The number of hydrogen-bond acceptors (Lipinski definition) is 5. The molecule has 1 saturated carbocycles. The Kier molecular flexibility index (Phi) is 4.25. The fourth-order valence-corrected chi connectivity index (χ4v) is 5.21. The predicted octanol–water partition coefficient (Wildman–Crippen LogP) is 0.776. The second-order valence-corrected chi connectivity index (χ2v) is 8.52. The number of fused-ring (bicyclic) bond motifs is 1. The molecule has 1 spiro atoms. The maximum atomic E-state index is 13.0. The van der Waals surface area contributed by atoms with Gasteiger partial charge < -0.3 is 10.2 Å². The second kappa shape index (κ2) is 6.67. The summed E-state index contributed by atoms with van der Waals surface area (Å²) in [7, 11) is 0. The van der Waals surface area contributed by atoms with Crippen molar-refractivity contribution in [2.75, 3.05) is 19.6 Å². The molecule has 1 atom stereocenters. The molecule has 1 unspecified atom stereocenters. The third-order valence-corrected chi connectivity index (χ3v) is 7.01. The molecule has 0 aromatic heterocycles. The number of carbonyl (C=O) groups is 3. The first-order valence-corrected chi connectivity index (χ1v) is 10.3. The number of hydrogen-bond donors (Lipinski definition) is 2. The van der Waals surface area contributed by atoms with Gasteiger partial charge in [-0.05, 0) is 42.9 Å². The van der Waals surface area contributed by atoms with Gasteiger partial charge in [-0.2, -0.15) is 0 Å². The molecule has 1 aromatic carbocycles. The molecule has 28 heavy (non-hydrogen) atoms. The van der Waals surface area contributed by atoms with E-state index in [1.165, 1.54) is 24.8 Å². The topological polar surface area (TPSA) is 81.8 Å². The van der Waals surface area contributed by atoms with Crippen molar-refractivity contribution in [3.63, 3.8) is 0 Å². The minimum atomic E-state index is -0.553. The van der Waals surface area contributed by atoms with Crippen molar-refractivity contribution in [3.8, 4) is 0 Å². The fraction of sp³-hybridized carbons (Fsp3) is 0.571. The maximum Gasteiger partial charge on any atom is 0.255 e. The van der Waals surface area contributed by atoms with E-state index < -0.39 is 6.04 Å². The summed E-state index contributed by atoms with van der Waals surface area (Å²) in [6.45, 7) is 4.37. The van der Waals surface area contributed by atoms with Crippen LogP contribution < -0.4 is 10.6 Å². The summed E-state index contributed by atoms with van der Waals surface area (Å²) in [4.78, 5) is 41.0. The van der Waals surface area contributed by atoms with Crippen LogP contribution in [0.5, 0.6) is 0 Å². The van der Waals surface area contributed by atoms with Gasteiger partial charge in [0.1, 0.15) is 6.04 Å². The van der Waals surface area contributed by atoms with Crippen molar-refractivity contribution in [2.45, 2.75) is 56.8 Å². The summed E-state index contributed by atoms with van der Waals surface area (Å²) >= 11 is 0. The van der Waals surface area contributed by atoms with E-state index in [1.54, 1.807) is 4.90 Å². The number of amides is 3. The van der Waals surface area contributed by atoms with Gasteiger partial charge in [0.05, 0.1) is 0 Å². The Bertz CT molecular complexity index is 848. The highest BCUT2D eigenvalue weighted by Gasteiger charge is 2.45. The SMILES string of the molecule is O=C1CCC(N2Cc3c(CN4CCNCC45CCC5)cccc3C2=O)C(=O)N1. The van der Waals surface area contributed by atoms with Crippen molar-refractivity contribution < 1.29 is 14.4 Å². The van der Waals surface area contributed by atoms with Gasteiger partial charge in [0.25, 0.3) is 5.91 Å². The van der Waals surface area contributed by atoms with Gasteiger partial charge in [-0.3, -0.25) is 24.6 Å². The molecule has 1 aromatic rings. The minimum absolute atomic E-state index is 0.0926. The zero-order valence-corrected chi connectivity index (χ0v) is 16.0. The molecule has 5 rings (SSSR count). The highest BCUT2D eigenvalue weighted by Crippen LogP contribution is 2.40. The lowest BCUT2D eigenvalue weighted by Gasteiger charge is -2.53. The van der Waals surface area contributed by atoms with Gasteiger partial charge in [0.15, 0.2) is 0 Å². The van der Waals surface area contributed by atoms with Crippen molar-refractivity contribution in [3.05, 3.63) is 34.9 Å². The van der Waals surface area contributed by atoms with Crippen LogP contribution in [0.1, 0.15) is 53.6 Å². The molecular formula is C21H26N4O3. The van der Waals surface area contributed by atoms with Gasteiger partial charge in [-0.25, -0.2) is 0 Å². The number of nitrogens with zero attached hydrogens (tertiary/aromatic N) is 2. The average molecular weight is 382 g/mol. The lowest BCUT2D eigenvalue weighted by molar-refractivity contribution is -0.136. The number of piperidine rings is 1. The van der Waals surface area contributed by atoms with Crippen LogP contribution in [0.25, 0.3) is 0 Å². The largest absolute Gasteiger partial charge is 0.322 e. The molecule has 2 saturated heterocycles. The fourth-order valence-electron chi connectivity index (χ4n) is 5.21. The van der Waals surface area contributed by atoms with E-state index in [0.29, 0.717) is 18.5 Å². The van der Waals surface area contributed by atoms with Crippen molar-refractivity contribution >= 4 is 17.7 Å². The van der Waals surface area contributed by atoms with Gasteiger partial charge >= 0.3 is 0 Å². The molecule has 4 aliphatic rings. The summed E-state index contributed by atoms with van der Waals surface area (Å²) in [5.41, 5.74) is 3.21. The molecule has 1 aliphatic carbocycles. The van der Waals surface area contributed by atoms with E-state index in [2.05, 4.69) is 21.6 Å².